The number of anilines is 1. The van der Waals surface area contributed by atoms with Crippen LogP contribution < -0.4 is 16.8 Å². The standard InChI is InChI=1S/C11H17N3O3/c1-2-11(12,13)8-5-7(15)3-4-9(8)14-6-10(16)17/h3-5,14-15H,2,6,12-13H2,1H3,(H,16,17). The van der Waals surface area contributed by atoms with Crippen molar-refractivity contribution in [1.82, 2.24) is 0 Å². The number of nitrogens with two attached hydrogens (primary N) is 2. The fourth-order valence-corrected chi connectivity index (χ4v) is 1.43. The van der Waals surface area contributed by atoms with E-state index in [4.69, 9.17) is 16.6 Å². The first kappa shape index (κ1) is 13.3. The van der Waals surface area contributed by atoms with Gasteiger partial charge in [-0.25, -0.2) is 0 Å². The second-order valence-electron chi connectivity index (χ2n) is 3.87. The molecule has 0 aliphatic heterocycles. The van der Waals surface area contributed by atoms with Crippen LogP contribution >= 0.6 is 0 Å². The SMILES string of the molecule is CCC(N)(N)c1cc(O)ccc1NCC(=O)O. The molecule has 1 rings (SSSR count). The van der Waals surface area contributed by atoms with E-state index < -0.39 is 11.6 Å². The highest BCUT2D eigenvalue weighted by Crippen LogP contribution is 2.28. The Hall–Kier alpha value is -1.79. The van der Waals surface area contributed by atoms with E-state index in [-0.39, 0.29) is 12.3 Å². The Morgan fingerprint density at radius 1 is 1.47 bits per heavy atom. The number of hydrogen-bond donors (Lipinski definition) is 5. The van der Waals surface area contributed by atoms with Crippen molar-refractivity contribution in [3.05, 3.63) is 23.8 Å². The summed E-state index contributed by atoms with van der Waals surface area (Å²) >= 11 is 0. The Morgan fingerprint density at radius 3 is 2.65 bits per heavy atom. The number of phenols is 1. The third kappa shape index (κ3) is 3.33. The molecule has 0 aliphatic carbocycles. The molecule has 0 fully saturated rings. The van der Waals surface area contributed by atoms with E-state index in [1.165, 1.54) is 12.1 Å². The predicted molar refractivity (Wildman–Crippen MR) is 64.6 cm³/mol. The molecule has 0 unspecified atom stereocenters. The molecule has 1 aromatic carbocycles. The lowest BCUT2D eigenvalue weighted by atomic mass is 9.96. The summed E-state index contributed by atoms with van der Waals surface area (Å²) in [6.45, 7) is 1.57. The minimum Gasteiger partial charge on any atom is -0.508 e. The van der Waals surface area contributed by atoms with E-state index in [9.17, 15) is 9.90 Å². The fraction of sp³-hybridized carbons (Fsp3) is 0.364. The number of nitrogens with one attached hydrogen (secondary N) is 1. The molecule has 7 N–H and O–H groups in total. The number of carboxylic acid groups (broad SMARTS) is 1. The summed E-state index contributed by atoms with van der Waals surface area (Å²) < 4.78 is 0. The zero-order valence-electron chi connectivity index (χ0n) is 9.60. The van der Waals surface area contributed by atoms with Crippen molar-refractivity contribution in [3.63, 3.8) is 0 Å². The molecule has 0 heterocycles. The van der Waals surface area contributed by atoms with Gasteiger partial charge in [-0.05, 0) is 24.6 Å². The quantitative estimate of drug-likeness (QED) is 0.374. The predicted octanol–water partition coefficient (Wildman–Crippen LogP) is 0.369. The maximum Gasteiger partial charge on any atom is 0.322 e. The second kappa shape index (κ2) is 5.03. The molecule has 0 radical (unpaired) electrons. The number of aliphatic carboxylic acids is 1. The topological polar surface area (TPSA) is 122 Å². The number of phenolic OH excluding ortho intramolecular Hbond substituents is 1. The monoisotopic (exact) mass is 239 g/mol. The molecule has 17 heavy (non-hydrogen) atoms. The molecule has 0 saturated carbocycles. The molecule has 0 bridgehead atoms. The molecule has 6 nitrogen and oxygen atoms in total. The van der Waals surface area contributed by atoms with Gasteiger partial charge >= 0.3 is 5.97 Å². The summed E-state index contributed by atoms with van der Waals surface area (Å²) in [5.41, 5.74) is 11.7. The molecule has 1 aromatic rings. The largest absolute Gasteiger partial charge is 0.508 e. The minimum atomic E-state index is -1.11. The maximum absolute atomic E-state index is 10.5. The Bertz CT molecular complexity index is 418. The average molecular weight is 239 g/mol. The summed E-state index contributed by atoms with van der Waals surface area (Å²) in [5, 5.41) is 20.7. The summed E-state index contributed by atoms with van der Waals surface area (Å²) in [4.78, 5) is 10.5. The minimum absolute atomic E-state index is 0.0367. The van der Waals surface area contributed by atoms with Crippen LogP contribution in [0.25, 0.3) is 0 Å². The molecule has 0 aromatic heterocycles. The van der Waals surface area contributed by atoms with E-state index >= 15 is 0 Å². The van der Waals surface area contributed by atoms with E-state index in [0.717, 1.165) is 0 Å². The van der Waals surface area contributed by atoms with Gasteiger partial charge in [0.25, 0.3) is 0 Å². The molecule has 6 heteroatoms. The summed E-state index contributed by atoms with van der Waals surface area (Å²) in [6.07, 6.45) is 0.457. The first-order chi connectivity index (χ1) is 7.86. The van der Waals surface area contributed by atoms with Crippen molar-refractivity contribution in [2.24, 2.45) is 11.5 Å². The van der Waals surface area contributed by atoms with Crippen LogP contribution in [0.1, 0.15) is 18.9 Å². The number of carbonyl (C=O) groups is 1. The van der Waals surface area contributed by atoms with Crippen molar-refractivity contribution < 1.29 is 15.0 Å². The highest BCUT2D eigenvalue weighted by atomic mass is 16.4. The van der Waals surface area contributed by atoms with E-state index in [0.29, 0.717) is 17.7 Å². The van der Waals surface area contributed by atoms with Gasteiger partial charge in [0.05, 0.1) is 5.66 Å². The lowest BCUT2D eigenvalue weighted by Crippen LogP contribution is -2.45. The molecular formula is C11H17N3O3. The third-order valence-electron chi connectivity index (χ3n) is 2.52. The molecule has 0 amide bonds. The third-order valence-corrected chi connectivity index (χ3v) is 2.52. The highest BCUT2D eigenvalue weighted by Gasteiger charge is 2.23. The normalized spacial score (nSPS) is 11.2. The molecular weight excluding hydrogens is 222 g/mol. The maximum atomic E-state index is 10.5. The van der Waals surface area contributed by atoms with Crippen molar-refractivity contribution in [1.29, 1.82) is 0 Å². The molecule has 0 aliphatic rings. The molecule has 94 valence electrons. The Morgan fingerprint density at radius 2 is 2.12 bits per heavy atom. The molecule has 0 atom stereocenters. The number of carboxylic acids is 1. The zero-order valence-corrected chi connectivity index (χ0v) is 9.60. The lowest BCUT2D eigenvalue weighted by molar-refractivity contribution is -0.134. The van der Waals surface area contributed by atoms with Crippen LogP contribution in [0.4, 0.5) is 5.69 Å². The van der Waals surface area contributed by atoms with Gasteiger partial charge in [-0.3, -0.25) is 4.79 Å². The van der Waals surface area contributed by atoms with Gasteiger partial charge in [-0.15, -0.1) is 0 Å². The molecule has 0 saturated heterocycles. The number of rotatable bonds is 5. The van der Waals surface area contributed by atoms with Crippen molar-refractivity contribution in [3.8, 4) is 5.75 Å². The van der Waals surface area contributed by atoms with Gasteiger partial charge in [0.15, 0.2) is 0 Å². The Balaban J connectivity index is 3.08. The highest BCUT2D eigenvalue weighted by molar-refractivity contribution is 5.73. The summed E-state index contributed by atoms with van der Waals surface area (Å²) in [6, 6.07) is 4.44. The Labute approximate surface area is 99.2 Å². The van der Waals surface area contributed by atoms with Gasteiger partial charge in [0, 0.05) is 11.3 Å². The van der Waals surface area contributed by atoms with E-state index in [2.05, 4.69) is 5.32 Å². The first-order valence-corrected chi connectivity index (χ1v) is 5.23. The second-order valence-corrected chi connectivity index (χ2v) is 3.87. The smallest absolute Gasteiger partial charge is 0.322 e. The zero-order chi connectivity index (χ0) is 13.1. The summed E-state index contributed by atoms with van der Waals surface area (Å²) in [7, 11) is 0. The Kier molecular flexibility index (Phi) is 3.93. The van der Waals surface area contributed by atoms with Gasteiger partial charge in [0.2, 0.25) is 0 Å². The van der Waals surface area contributed by atoms with E-state index in [1.807, 2.05) is 6.92 Å². The van der Waals surface area contributed by atoms with Crippen molar-refractivity contribution in [2.75, 3.05) is 11.9 Å². The van der Waals surface area contributed by atoms with Crippen molar-refractivity contribution in [2.45, 2.75) is 19.0 Å². The first-order valence-electron chi connectivity index (χ1n) is 5.23. The van der Waals surface area contributed by atoms with Gasteiger partial charge in [-0.2, -0.15) is 0 Å². The number of aromatic hydroxyl groups is 1. The van der Waals surface area contributed by atoms with E-state index in [1.54, 1.807) is 6.07 Å². The van der Waals surface area contributed by atoms with Gasteiger partial charge in [-0.1, -0.05) is 6.92 Å². The van der Waals surface area contributed by atoms with Crippen LogP contribution in [-0.2, 0) is 10.5 Å². The van der Waals surface area contributed by atoms with Crippen LogP contribution in [0.5, 0.6) is 5.75 Å². The number of benzene rings is 1. The van der Waals surface area contributed by atoms with Crippen LogP contribution in [0.2, 0.25) is 0 Å². The average Bonchev–Trinajstić information content (AvgIpc) is 2.27. The van der Waals surface area contributed by atoms with Gasteiger partial charge < -0.3 is 27.0 Å². The van der Waals surface area contributed by atoms with Crippen LogP contribution in [-0.4, -0.2) is 22.7 Å². The number of hydrogen-bond acceptors (Lipinski definition) is 5. The fourth-order valence-electron chi connectivity index (χ4n) is 1.43. The molecule has 0 spiro atoms. The van der Waals surface area contributed by atoms with Crippen molar-refractivity contribution >= 4 is 11.7 Å². The van der Waals surface area contributed by atoms with Crippen LogP contribution in [0.15, 0.2) is 18.2 Å². The summed E-state index contributed by atoms with van der Waals surface area (Å²) in [5.74, 6) is -0.949. The van der Waals surface area contributed by atoms with Gasteiger partial charge in [0.1, 0.15) is 12.3 Å². The van der Waals surface area contributed by atoms with Crippen LogP contribution in [0, 0.1) is 0 Å². The van der Waals surface area contributed by atoms with Crippen LogP contribution in [0.3, 0.4) is 0 Å². The lowest BCUT2D eigenvalue weighted by Gasteiger charge is -2.26.